The summed E-state index contributed by atoms with van der Waals surface area (Å²) in [7, 11) is 0. The standard InChI is InChI=1S/C23H23ClN2O3S/c1-5-15(4)29-20-9-8-16(12-18(20)24)11-17-21(27)25-23(30)26(22(17)28)19-10-13(2)6-7-14(19)3/h6-12,15H,5H2,1-4H3,(H,25,27,30)/b17-11+/t15-/m1/s1. The van der Waals surface area contributed by atoms with Crippen molar-refractivity contribution in [2.75, 3.05) is 4.90 Å². The fraction of sp³-hybridized carbons (Fsp3) is 0.261. The van der Waals surface area contributed by atoms with Crippen molar-refractivity contribution < 1.29 is 14.3 Å². The van der Waals surface area contributed by atoms with Crippen LogP contribution in [0.15, 0.2) is 42.0 Å². The summed E-state index contributed by atoms with van der Waals surface area (Å²) in [6, 6.07) is 10.9. The fourth-order valence-electron chi connectivity index (χ4n) is 3.01. The minimum atomic E-state index is -0.539. The van der Waals surface area contributed by atoms with Crippen molar-refractivity contribution in [1.82, 2.24) is 5.32 Å². The summed E-state index contributed by atoms with van der Waals surface area (Å²) in [5, 5.41) is 3.08. The molecule has 2 aromatic rings. The molecular weight excluding hydrogens is 420 g/mol. The van der Waals surface area contributed by atoms with Crippen molar-refractivity contribution in [1.29, 1.82) is 0 Å². The monoisotopic (exact) mass is 442 g/mol. The molecule has 1 N–H and O–H groups in total. The van der Waals surface area contributed by atoms with Gasteiger partial charge in [-0.05, 0) is 80.4 Å². The fourth-order valence-corrected chi connectivity index (χ4v) is 3.51. The number of ether oxygens (including phenoxy) is 1. The van der Waals surface area contributed by atoms with E-state index in [0.29, 0.717) is 22.0 Å². The third kappa shape index (κ3) is 4.55. The number of thiocarbonyl (C=S) groups is 1. The number of aryl methyl sites for hydroxylation is 2. The van der Waals surface area contributed by atoms with Gasteiger partial charge in [0.15, 0.2) is 5.11 Å². The third-order valence-electron chi connectivity index (χ3n) is 4.88. The van der Waals surface area contributed by atoms with Crippen LogP contribution in [0.25, 0.3) is 6.08 Å². The second-order valence-electron chi connectivity index (χ2n) is 7.27. The number of benzene rings is 2. The van der Waals surface area contributed by atoms with E-state index < -0.39 is 11.8 Å². The maximum Gasteiger partial charge on any atom is 0.270 e. The normalized spacial score (nSPS) is 16.6. The summed E-state index contributed by atoms with van der Waals surface area (Å²) in [6.07, 6.45) is 2.39. The molecule has 1 aliphatic rings. The van der Waals surface area contributed by atoms with Gasteiger partial charge in [-0.15, -0.1) is 0 Å². The van der Waals surface area contributed by atoms with E-state index in [4.69, 9.17) is 28.6 Å². The Labute approximate surface area is 186 Å². The molecule has 0 unspecified atom stereocenters. The lowest BCUT2D eigenvalue weighted by Crippen LogP contribution is -2.54. The summed E-state index contributed by atoms with van der Waals surface area (Å²) >= 11 is 11.6. The van der Waals surface area contributed by atoms with E-state index in [1.54, 1.807) is 18.2 Å². The molecule has 30 heavy (non-hydrogen) atoms. The highest BCUT2D eigenvalue weighted by Crippen LogP contribution is 2.29. The van der Waals surface area contributed by atoms with Crippen molar-refractivity contribution in [3.63, 3.8) is 0 Å². The molecule has 2 aromatic carbocycles. The van der Waals surface area contributed by atoms with Crippen LogP contribution < -0.4 is 15.0 Å². The number of nitrogens with one attached hydrogen (secondary N) is 1. The molecule has 7 heteroatoms. The highest BCUT2D eigenvalue weighted by Gasteiger charge is 2.35. The Bertz CT molecular complexity index is 1060. The summed E-state index contributed by atoms with van der Waals surface area (Å²) in [5.74, 6) is -0.457. The van der Waals surface area contributed by atoms with Gasteiger partial charge in [-0.3, -0.25) is 19.8 Å². The molecule has 0 aliphatic carbocycles. The highest BCUT2D eigenvalue weighted by molar-refractivity contribution is 7.80. The van der Waals surface area contributed by atoms with Crippen molar-refractivity contribution in [2.24, 2.45) is 0 Å². The Morgan fingerprint density at radius 3 is 2.60 bits per heavy atom. The Balaban J connectivity index is 1.97. The number of amides is 2. The van der Waals surface area contributed by atoms with E-state index in [1.807, 2.05) is 45.9 Å². The van der Waals surface area contributed by atoms with E-state index in [-0.39, 0.29) is 16.8 Å². The molecule has 156 valence electrons. The third-order valence-corrected chi connectivity index (χ3v) is 5.46. The number of hydrogen-bond donors (Lipinski definition) is 1. The zero-order valence-electron chi connectivity index (χ0n) is 17.3. The molecule has 0 bridgehead atoms. The molecule has 0 aromatic heterocycles. The largest absolute Gasteiger partial charge is 0.489 e. The number of nitrogens with zero attached hydrogens (tertiary/aromatic N) is 1. The van der Waals surface area contributed by atoms with Crippen molar-refractivity contribution in [2.45, 2.75) is 40.2 Å². The van der Waals surface area contributed by atoms with E-state index in [2.05, 4.69) is 5.32 Å². The lowest BCUT2D eigenvalue weighted by Gasteiger charge is -2.30. The average molecular weight is 443 g/mol. The predicted octanol–water partition coefficient (Wildman–Crippen LogP) is 4.97. The summed E-state index contributed by atoms with van der Waals surface area (Å²) < 4.78 is 5.77. The van der Waals surface area contributed by atoms with Gasteiger partial charge in [0.2, 0.25) is 0 Å². The van der Waals surface area contributed by atoms with E-state index in [9.17, 15) is 9.59 Å². The van der Waals surface area contributed by atoms with Gasteiger partial charge in [0.1, 0.15) is 11.3 Å². The Hall–Kier alpha value is -2.70. The van der Waals surface area contributed by atoms with Crippen molar-refractivity contribution in [3.8, 4) is 5.75 Å². The van der Waals surface area contributed by atoms with Crippen LogP contribution in [0.2, 0.25) is 5.02 Å². The van der Waals surface area contributed by atoms with Gasteiger partial charge >= 0.3 is 0 Å². The zero-order valence-corrected chi connectivity index (χ0v) is 18.9. The topological polar surface area (TPSA) is 58.6 Å². The number of carbonyl (C=O) groups excluding carboxylic acids is 2. The zero-order chi connectivity index (χ0) is 22.0. The van der Waals surface area contributed by atoms with Crippen LogP contribution in [0.3, 0.4) is 0 Å². The average Bonchev–Trinajstić information content (AvgIpc) is 2.69. The van der Waals surface area contributed by atoms with Crippen molar-refractivity contribution in [3.05, 3.63) is 63.7 Å². The SMILES string of the molecule is CC[C@@H](C)Oc1ccc(/C=C2\C(=O)NC(=S)N(c3cc(C)ccc3C)C2=O)cc1Cl. The minimum absolute atomic E-state index is 0.0174. The maximum absolute atomic E-state index is 13.2. The first-order valence-corrected chi connectivity index (χ1v) is 10.4. The molecule has 0 saturated carbocycles. The highest BCUT2D eigenvalue weighted by atomic mass is 35.5. The molecular formula is C23H23ClN2O3S. The first-order chi connectivity index (χ1) is 14.2. The molecule has 0 radical (unpaired) electrons. The van der Waals surface area contributed by atoms with E-state index >= 15 is 0 Å². The maximum atomic E-state index is 13.2. The molecule has 1 saturated heterocycles. The molecule has 1 heterocycles. The Kier molecular flexibility index (Phi) is 6.58. The van der Waals surface area contributed by atoms with E-state index in [0.717, 1.165) is 17.5 Å². The first-order valence-electron chi connectivity index (χ1n) is 9.66. The van der Waals surface area contributed by atoms with Crippen LogP contribution in [0.4, 0.5) is 5.69 Å². The van der Waals surface area contributed by atoms with E-state index in [1.165, 1.54) is 11.0 Å². The van der Waals surface area contributed by atoms with Gasteiger partial charge in [0, 0.05) is 0 Å². The molecule has 3 rings (SSSR count). The number of rotatable bonds is 5. The van der Waals surface area contributed by atoms with Gasteiger partial charge in [-0.2, -0.15) is 0 Å². The number of halogens is 1. The van der Waals surface area contributed by atoms with Crippen LogP contribution in [0.5, 0.6) is 5.75 Å². The Morgan fingerprint density at radius 1 is 1.20 bits per heavy atom. The smallest absolute Gasteiger partial charge is 0.270 e. The van der Waals surface area contributed by atoms with Crippen LogP contribution >= 0.6 is 23.8 Å². The molecule has 0 spiro atoms. The summed E-state index contributed by atoms with van der Waals surface area (Å²) in [4.78, 5) is 27.1. The summed E-state index contributed by atoms with van der Waals surface area (Å²) in [6.45, 7) is 7.81. The van der Waals surface area contributed by atoms with Crippen LogP contribution in [-0.2, 0) is 9.59 Å². The van der Waals surface area contributed by atoms with Crippen LogP contribution in [0, 0.1) is 13.8 Å². The van der Waals surface area contributed by atoms with Gasteiger partial charge in [0.05, 0.1) is 16.8 Å². The lowest BCUT2D eigenvalue weighted by molar-refractivity contribution is -0.122. The van der Waals surface area contributed by atoms with Crippen molar-refractivity contribution >= 4 is 52.5 Å². The molecule has 1 atom stereocenters. The molecule has 5 nitrogen and oxygen atoms in total. The first kappa shape index (κ1) is 22.0. The second kappa shape index (κ2) is 8.98. The van der Waals surface area contributed by atoms with Crippen LogP contribution in [0.1, 0.15) is 37.0 Å². The molecule has 2 amide bonds. The number of hydrogen-bond acceptors (Lipinski definition) is 4. The second-order valence-corrected chi connectivity index (χ2v) is 8.07. The number of carbonyl (C=O) groups is 2. The lowest BCUT2D eigenvalue weighted by atomic mass is 10.0. The van der Waals surface area contributed by atoms with Gasteiger partial charge in [-0.1, -0.05) is 36.7 Å². The summed E-state index contributed by atoms with van der Waals surface area (Å²) in [5.41, 5.74) is 3.10. The quantitative estimate of drug-likeness (QED) is 0.403. The van der Waals surface area contributed by atoms with Gasteiger partial charge < -0.3 is 4.74 Å². The Morgan fingerprint density at radius 2 is 1.93 bits per heavy atom. The van der Waals surface area contributed by atoms with Crippen LogP contribution in [-0.4, -0.2) is 23.0 Å². The predicted molar refractivity (Wildman–Crippen MR) is 124 cm³/mol. The molecule has 1 fully saturated rings. The number of anilines is 1. The van der Waals surface area contributed by atoms with Gasteiger partial charge in [0.25, 0.3) is 11.8 Å². The molecule has 1 aliphatic heterocycles. The van der Waals surface area contributed by atoms with Gasteiger partial charge in [-0.25, -0.2) is 0 Å². The minimum Gasteiger partial charge on any atom is -0.489 e.